The van der Waals surface area contributed by atoms with Gasteiger partial charge in [-0.15, -0.1) is 0 Å². The summed E-state index contributed by atoms with van der Waals surface area (Å²) in [5.74, 6) is -0.0686. The Morgan fingerprint density at radius 2 is 1.59 bits per heavy atom. The molecule has 0 bridgehead atoms. The lowest BCUT2D eigenvalue weighted by atomic mass is 10.0. The molecule has 0 unspecified atom stereocenters. The Labute approximate surface area is 140 Å². The molecule has 0 saturated heterocycles. The molecule has 0 radical (unpaired) electrons. The Morgan fingerprint density at radius 3 is 2.18 bits per heavy atom. The molecule has 7 heteroatoms. The summed E-state index contributed by atoms with van der Waals surface area (Å²) in [6.07, 6.45) is 0. The van der Waals surface area contributed by atoms with Crippen LogP contribution in [0, 0.1) is 5.82 Å². The Morgan fingerprint density at radius 1 is 0.909 bits per heavy atom. The molecule has 0 fully saturated rings. The third-order valence-electron chi connectivity index (χ3n) is 2.97. The largest absolute Gasteiger partial charge is 0.334 e. The molecule has 1 aromatic heterocycles. The summed E-state index contributed by atoms with van der Waals surface area (Å²) in [5, 5.41) is 3.77. The summed E-state index contributed by atoms with van der Waals surface area (Å²) >= 11 is 17.0. The van der Waals surface area contributed by atoms with E-state index in [2.05, 4.69) is 10.1 Å². The average Bonchev–Trinajstić information content (AvgIpc) is 2.97. The van der Waals surface area contributed by atoms with Crippen LogP contribution in [-0.4, -0.2) is 10.1 Å². The lowest BCUT2D eigenvalue weighted by Gasteiger charge is -2.03. The first-order chi connectivity index (χ1) is 10.4. The minimum Gasteiger partial charge on any atom is -0.334 e. The maximum Gasteiger partial charge on any atom is 0.279 e. The van der Waals surface area contributed by atoms with E-state index in [1.807, 2.05) is 18.2 Å². The number of benzene rings is 2. The third-order valence-corrected chi connectivity index (χ3v) is 3.45. The highest BCUT2D eigenvalue weighted by atomic mass is 35.6. The molecule has 0 N–H and O–H groups in total. The van der Waals surface area contributed by atoms with Crippen LogP contribution >= 0.6 is 34.8 Å². The smallest absolute Gasteiger partial charge is 0.279 e. The first kappa shape index (κ1) is 15.3. The molecule has 0 aliphatic heterocycles. The molecule has 3 nitrogen and oxygen atoms in total. The van der Waals surface area contributed by atoms with E-state index >= 15 is 0 Å². The number of rotatable bonds is 2. The highest BCUT2D eigenvalue weighted by molar-refractivity contribution is 6.66. The summed E-state index contributed by atoms with van der Waals surface area (Å²) in [6.45, 7) is 0. The molecule has 0 aliphatic rings. The number of aromatic nitrogens is 2. The predicted molar refractivity (Wildman–Crippen MR) is 84.4 cm³/mol. The highest BCUT2D eigenvalue weighted by Crippen LogP contribution is 2.37. The van der Waals surface area contributed by atoms with E-state index in [1.54, 1.807) is 18.2 Å². The lowest BCUT2D eigenvalue weighted by Crippen LogP contribution is -1.99. The van der Waals surface area contributed by atoms with E-state index in [-0.39, 0.29) is 11.7 Å². The van der Waals surface area contributed by atoms with E-state index in [1.165, 1.54) is 12.1 Å². The predicted octanol–water partition coefficient (Wildman–Crippen LogP) is 5.37. The normalized spacial score (nSPS) is 11.6. The maximum atomic E-state index is 13.2. The van der Waals surface area contributed by atoms with Gasteiger partial charge in [-0.1, -0.05) is 76.4 Å². The zero-order chi connectivity index (χ0) is 15.7. The van der Waals surface area contributed by atoms with Gasteiger partial charge in [-0.2, -0.15) is 4.98 Å². The number of hydrogen-bond donors (Lipinski definition) is 0. The van der Waals surface area contributed by atoms with Crippen molar-refractivity contribution in [3.05, 3.63) is 60.2 Å². The van der Waals surface area contributed by atoms with Crippen LogP contribution in [0.4, 0.5) is 4.39 Å². The summed E-state index contributed by atoms with van der Waals surface area (Å²) in [7, 11) is 0. The number of hydrogen-bond acceptors (Lipinski definition) is 3. The molecule has 1 heterocycles. The topological polar surface area (TPSA) is 38.9 Å². The first-order valence-corrected chi connectivity index (χ1v) is 7.34. The molecule has 22 heavy (non-hydrogen) atoms. The van der Waals surface area contributed by atoms with Gasteiger partial charge in [0.25, 0.3) is 9.68 Å². The molecular formula is C15H8Cl3FN2O. The van der Waals surface area contributed by atoms with Gasteiger partial charge in [0.05, 0.1) is 0 Å². The fourth-order valence-electron chi connectivity index (χ4n) is 1.94. The van der Waals surface area contributed by atoms with Gasteiger partial charge in [-0.3, -0.25) is 0 Å². The lowest BCUT2D eigenvalue weighted by molar-refractivity contribution is 0.383. The van der Waals surface area contributed by atoms with Crippen molar-refractivity contribution in [2.45, 2.75) is 3.79 Å². The molecule has 0 aliphatic carbocycles. The second-order valence-electron chi connectivity index (χ2n) is 4.51. The van der Waals surface area contributed by atoms with Crippen LogP contribution in [0.2, 0.25) is 0 Å². The third kappa shape index (κ3) is 3.24. The van der Waals surface area contributed by atoms with E-state index in [0.717, 1.165) is 11.1 Å². The fraction of sp³-hybridized carbons (Fsp3) is 0.0667. The molecule has 0 saturated carbocycles. The molecule has 3 aromatic rings. The maximum absolute atomic E-state index is 13.2. The summed E-state index contributed by atoms with van der Waals surface area (Å²) in [6, 6.07) is 13.6. The minimum absolute atomic E-state index is 0.0956. The zero-order valence-electron chi connectivity index (χ0n) is 10.9. The number of nitrogens with zero attached hydrogens (tertiary/aromatic N) is 2. The summed E-state index contributed by atoms with van der Waals surface area (Å²) in [4.78, 5) is 4.03. The number of halogens is 4. The monoisotopic (exact) mass is 356 g/mol. The molecular weight excluding hydrogens is 350 g/mol. The standard InChI is InChI=1S/C15H8Cl3FN2O/c16-15(17,18)14-20-13(21-22-14)10-6-4-9(5-7-10)11-2-1-3-12(19)8-11/h1-8H. The van der Waals surface area contributed by atoms with Gasteiger partial charge in [-0.25, -0.2) is 4.39 Å². The van der Waals surface area contributed by atoms with E-state index in [0.29, 0.717) is 11.4 Å². The van der Waals surface area contributed by atoms with Crippen molar-refractivity contribution in [1.82, 2.24) is 10.1 Å². The molecule has 2 aromatic carbocycles. The van der Waals surface area contributed by atoms with Gasteiger partial charge in [0.1, 0.15) is 5.82 Å². The Balaban J connectivity index is 1.90. The fourth-order valence-corrected chi connectivity index (χ4v) is 2.17. The van der Waals surface area contributed by atoms with Crippen LogP contribution in [0.3, 0.4) is 0 Å². The van der Waals surface area contributed by atoms with Crippen LogP contribution in [0.25, 0.3) is 22.5 Å². The van der Waals surface area contributed by atoms with Gasteiger partial charge in [0.2, 0.25) is 5.82 Å². The molecule has 3 rings (SSSR count). The Hall–Kier alpha value is -1.62. The van der Waals surface area contributed by atoms with Crippen molar-refractivity contribution in [3.63, 3.8) is 0 Å². The second-order valence-corrected chi connectivity index (χ2v) is 6.79. The van der Waals surface area contributed by atoms with Gasteiger partial charge < -0.3 is 4.52 Å². The van der Waals surface area contributed by atoms with Gasteiger partial charge in [0, 0.05) is 5.56 Å². The van der Waals surface area contributed by atoms with Crippen molar-refractivity contribution in [1.29, 1.82) is 0 Å². The van der Waals surface area contributed by atoms with Gasteiger partial charge >= 0.3 is 0 Å². The van der Waals surface area contributed by atoms with Crippen LogP contribution < -0.4 is 0 Å². The van der Waals surface area contributed by atoms with Crippen molar-refractivity contribution in [2.75, 3.05) is 0 Å². The highest BCUT2D eigenvalue weighted by Gasteiger charge is 2.30. The summed E-state index contributed by atoms with van der Waals surface area (Å²) < 4.78 is 16.4. The molecule has 0 spiro atoms. The molecule has 0 amide bonds. The van der Waals surface area contributed by atoms with Crippen LogP contribution in [-0.2, 0) is 3.79 Å². The van der Waals surface area contributed by atoms with E-state index in [4.69, 9.17) is 39.3 Å². The van der Waals surface area contributed by atoms with Crippen LogP contribution in [0.15, 0.2) is 53.1 Å². The van der Waals surface area contributed by atoms with Crippen LogP contribution in [0.1, 0.15) is 5.89 Å². The van der Waals surface area contributed by atoms with Crippen molar-refractivity contribution >= 4 is 34.8 Å². The summed E-state index contributed by atoms with van der Waals surface area (Å²) in [5.41, 5.74) is 2.35. The van der Waals surface area contributed by atoms with Crippen LogP contribution in [0.5, 0.6) is 0 Å². The van der Waals surface area contributed by atoms with E-state index in [9.17, 15) is 4.39 Å². The second kappa shape index (κ2) is 5.88. The first-order valence-electron chi connectivity index (χ1n) is 6.21. The SMILES string of the molecule is Fc1cccc(-c2ccc(-c3noc(C(Cl)(Cl)Cl)n3)cc2)c1. The Bertz CT molecular complexity index is 797. The Kier molecular flexibility index (Phi) is 4.08. The quantitative estimate of drug-likeness (QED) is 0.579. The van der Waals surface area contributed by atoms with E-state index < -0.39 is 3.79 Å². The zero-order valence-corrected chi connectivity index (χ0v) is 13.2. The molecule has 0 atom stereocenters. The number of alkyl halides is 3. The van der Waals surface area contributed by atoms with Crippen molar-refractivity contribution in [3.8, 4) is 22.5 Å². The van der Waals surface area contributed by atoms with Crippen molar-refractivity contribution in [2.24, 2.45) is 0 Å². The van der Waals surface area contributed by atoms with Gasteiger partial charge in [-0.05, 0) is 23.3 Å². The average molecular weight is 358 g/mol. The van der Waals surface area contributed by atoms with Crippen molar-refractivity contribution < 1.29 is 8.91 Å². The minimum atomic E-state index is -1.76. The molecule has 112 valence electrons. The van der Waals surface area contributed by atoms with Gasteiger partial charge in [0.15, 0.2) is 0 Å².